The van der Waals surface area contributed by atoms with Crippen molar-refractivity contribution in [2.75, 3.05) is 6.61 Å². The van der Waals surface area contributed by atoms with Gasteiger partial charge in [0, 0.05) is 11.1 Å². The van der Waals surface area contributed by atoms with E-state index in [1.54, 1.807) is 6.92 Å². The topological polar surface area (TPSA) is 57.4 Å². The molecule has 0 saturated carbocycles. The molecule has 0 aliphatic heterocycles. The van der Waals surface area contributed by atoms with Crippen LogP contribution in [0.15, 0.2) is 46.9 Å². The Labute approximate surface area is 155 Å². The monoisotopic (exact) mass is 400 g/mol. The number of halogens is 5. The predicted octanol–water partition coefficient (Wildman–Crippen LogP) is 5.42. The van der Waals surface area contributed by atoms with Gasteiger partial charge in [0.15, 0.2) is 11.5 Å². The summed E-state index contributed by atoms with van der Waals surface area (Å²) in [6.07, 6.45) is -4.51. The van der Waals surface area contributed by atoms with Gasteiger partial charge in [-0.05, 0) is 43.3 Å². The van der Waals surface area contributed by atoms with E-state index < -0.39 is 18.4 Å². The first-order chi connectivity index (χ1) is 13.3. The van der Waals surface area contributed by atoms with Gasteiger partial charge in [-0.15, -0.1) is 10.2 Å². The van der Waals surface area contributed by atoms with E-state index >= 15 is 0 Å². The van der Waals surface area contributed by atoms with Gasteiger partial charge in [-0.2, -0.15) is 22.0 Å². The van der Waals surface area contributed by atoms with E-state index in [-0.39, 0.29) is 35.5 Å². The fraction of sp³-hybridized carbons (Fsp3) is 0.222. The van der Waals surface area contributed by atoms with E-state index in [1.165, 1.54) is 30.3 Å². The molecule has 3 rings (SSSR count). The first kappa shape index (κ1) is 19.6. The van der Waals surface area contributed by atoms with Crippen LogP contribution >= 0.6 is 0 Å². The van der Waals surface area contributed by atoms with Gasteiger partial charge in [0.05, 0.1) is 12.2 Å². The quantitative estimate of drug-likeness (QED) is 0.517. The summed E-state index contributed by atoms with van der Waals surface area (Å²) in [7, 11) is 0. The Morgan fingerprint density at radius 1 is 0.964 bits per heavy atom. The van der Waals surface area contributed by atoms with Crippen molar-refractivity contribution in [3.63, 3.8) is 0 Å². The Morgan fingerprint density at radius 2 is 1.64 bits per heavy atom. The van der Waals surface area contributed by atoms with E-state index in [9.17, 15) is 22.0 Å². The largest absolute Gasteiger partial charge is 0.490 e. The minimum Gasteiger partial charge on any atom is -0.490 e. The van der Waals surface area contributed by atoms with Gasteiger partial charge >= 0.3 is 12.8 Å². The lowest BCUT2D eigenvalue weighted by molar-refractivity contribution is -0.137. The van der Waals surface area contributed by atoms with Crippen LogP contribution in [0.4, 0.5) is 22.0 Å². The maximum Gasteiger partial charge on any atom is 0.416 e. The molecule has 1 aromatic heterocycles. The fourth-order valence-corrected chi connectivity index (χ4v) is 2.39. The van der Waals surface area contributed by atoms with Crippen molar-refractivity contribution in [1.82, 2.24) is 10.2 Å². The van der Waals surface area contributed by atoms with Crippen molar-refractivity contribution in [1.29, 1.82) is 0 Å². The van der Waals surface area contributed by atoms with Gasteiger partial charge in [0.1, 0.15) is 0 Å². The Bertz CT molecular complexity index is 956. The molecule has 0 radical (unpaired) electrons. The Hall–Kier alpha value is -3.17. The first-order valence-electron chi connectivity index (χ1n) is 8.01. The zero-order valence-corrected chi connectivity index (χ0v) is 14.3. The molecule has 2 aromatic carbocycles. The lowest BCUT2D eigenvalue weighted by atomic mass is 10.1. The minimum atomic E-state index is -4.51. The molecule has 5 nitrogen and oxygen atoms in total. The number of alkyl halides is 5. The number of hydrogen-bond acceptors (Lipinski definition) is 5. The molecule has 148 valence electrons. The van der Waals surface area contributed by atoms with Crippen LogP contribution in [0.1, 0.15) is 12.5 Å². The summed E-state index contributed by atoms with van der Waals surface area (Å²) in [6, 6.07) is 8.46. The third-order valence-corrected chi connectivity index (χ3v) is 3.57. The van der Waals surface area contributed by atoms with Crippen LogP contribution in [-0.4, -0.2) is 23.4 Å². The van der Waals surface area contributed by atoms with Crippen LogP contribution < -0.4 is 9.47 Å². The highest BCUT2D eigenvalue weighted by Crippen LogP contribution is 2.35. The zero-order chi connectivity index (χ0) is 20.3. The third-order valence-electron chi connectivity index (χ3n) is 3.57. The predicted molar refractivity (Wildman–Crippen MR) is 88.0 cm³/mol. The Balaban J connectivity index is 1.93. The summed E-state index contributed by atoms with van der Waals surface area (Å²) in [5.74, 6) is -0.263. The number of aromatic nitrogens is 2. The molecule has 0 bridgehead atoms. The molecule has 0 atom stereocenters. The second kappa shape index (κ2) is 7.83. The van der Waals surface area contributed by atoms with E-state index in [4.69, 9.17) is 9.15 Å². The maximum absolute atomic E-state index is 12.9. The third kappa shape index (κ3) is 4.38. The molecule has 0 aliphatic rings. The standard InChI is InChI=1S/C18H13F5N2O3/c1-2-26-14-9-11(6-7-13(14)27-17(19)20)16-25-24-15(28-16)10-4-3-5-12(8-10)18(21,22)23/h3-9,17H,2H2,1H3. The summed E-state index contributed by atoms with van der Waals surface area (Å²) in [4.78, 5) is 0. The number of nitrogens with zero attached hydrogens (tertiary/aromatic N) is 2. The maximum atomic E-state index is 12.9. The molecule has 0 amide bonds. The zero-order valence-electron chi connectivity index (χ0n) is 14.3. The molecule has 0 aliphatic carbocycles. The highest BCUT2D eigenvalue weighted by molar-refractivity contribution is 5.62. The van der Waals surface area contributed by atoms with Gasteiger partial charge in [-0.3, -0.25) is 0 Å². The van der Waals surface area contributed by atoms with E-state index in [0.29, 0.717) is 5.56 Å². The highest BCUT2D eigenvalue weighted by Gasteiger charge is 2.31. The number of rotatable bonds is 6. The molecular weight excluding hydrogens is 387 g/mol. The van der Waals surface area contributed by atoms with Crippen molar-refractivity contribution in [2.24, 2.45) is 0 Å². The first-order valence-corrected chi connectivity index (χ1v) is 8.01. The summed E-state index contributed by atoms with van der Waals surface area (Å²) in [6.45, 7) is -1.17. The van der Waals surface area contributed by atoms with Gasteiger partial charge in [-0.1, -0.05) is 6.07 Å². The van der Waals surface area contributed by atoms with E-state index in [1.807, 2.05) is 0 Å². The molecule has 0 fully saturated rings. The Kier molecular flexibility index (Phi) is 5.48. The van der Waals surface area contributed by atoms with Gasteiger partial charge < -0.3 is 13.9 Å². The van der Waals surface area contributed by atoms with E-state index in [0.717, 1.165) is 12.1 Å². The lowest BCUT2D eigenvalue weighted by Crippen LogP contribution is -2.04. The molecule has 3 aromatic rings. The number of benzene rings is 2. The lowest BCUT2D eigenvalue weighted by Gasteiger charge is -2.11. The van der Waals surface area contributed by atoms with Crippen LogP contribution in [0.25, 0.3) is 22.9 Å². The number of hydrogen-bond donors (Lipinski definition) is 0. The fourth-order valence-electron chi connectivity index (χ4n) is 2.39. The van der Waals surface area contributed by atoms with Crippen LogP contribution in [0.5, 0.6) is 11.5 Å². The summed E-state index contributed by atoms with van der Waals surface area (Å²) < 4.78 is 78.6. The van der Waals surface area contributed by atoms with E-state index in [2.05, 4.69) is 14.9 Å². The molecule has 1 heterocycles. The van der Waals surface area contributed by atoms with Gasteiger partial charge in [-0.25, -0.2) is 0 Å². The Morgan fingerprint density at radius 3 is 2.25 bits per heavy atom. The van der Waals surface area contributed by atoms with Crippen molar-refractivity contribution in [3.8, 4) is 34.4 Å². The second-order valence-corrected chi connectivity index (χ2v) is 5.46. The molecule has 0 saturated heterocycles. The van der Waals surface area contributed by atoms with Crippen LogP contribution in [0.3, 0.4) is 0 Å². The normalized spacial score (nSPS) is 11.7. The summed E-state index contributed by atoms with van der Waals surface area (Å²) >= 11 is 0. The van der Waals surface area contributed by atoms with Crippen LogP contribution in [0.2, 0.25) is 0 Å². The summed E-state index contributed by atoms with van der Waals surface area (Å²) in [5, 5.41) is 7.56. The molecule has 0 N–H and O–H groups in total. The molecule has 28 heavy (non-hydrogen) atoms. The van der Waals surface area contributed by atoms with Gasteiger partial charge in [0.2, 0.25) is 11.8 Å². The minimum absolute atomic E-state index is 0.0167. The van der Waals surface area contributed by atoms with Crippen molar-refractivity contribution in [2.45, 2.75) is 19.7 Å². The van der Waals surface area contributed by atoms with Crippen LogP contribution in [0, 0.1) is 0 Å². The molecular formula is C18H13F5N2O3. The van der Waals surface area contributed by atoms with Crippen molar-refractivity contribution >= 4 is 0 Å². The van der Waals surface area contributed by atoms with Gasteiger partial charge in [0.25, 0.3) is 0 Å². The molecule has 10 heteroatoms. The SMILES string of the molecule is CCOc1cc(-c2nnc(-c3cccc(C(F)(F)F)c3)o2)ccc1OC(F)F. The highest BCUT2D eigenvalue weighted by atomic mass is 19.4. The molecule has 0 unspecified atom stereocenters. The van der Waals surface area contributed by atoms with Crippen molar-refractivity contribution < 1.29 is 35.8 Å². The van der Waals surface area contributed by atoms with Crippen LogP contribution in [-0.2, 0) is 6.18 Å². The smallest absolute Gasteiger partial charge is 0.416 e. The molecule has 0 spiro atoms. The average molecular weight is 400 g/mol. The number of ether oxygens (including phenoxy) is 2. The average Bonchev–Trinajstić information content (AvgIpc) is 3.12. The second-order valence-electron chi connectivity index (χ2n) is 5.46. The summed E-state index contributed by atoms with van der Waals surface area (Å²) in [5.41, 5.74) is -0.427. The van der Waals surface area contributed by atoms with Crippen molar-refractivity contribution in [3.05, 3.63) is 48.0 Å².